The molecular weight excluding hydrogens is 432 g/mol. The van der Waals surface area contributed by atoms with E-state index in [0.717, 1.165) is 4.47 Å². The monoisotopic (exact) mass is 444 g/mol. The molecule has 0 aliphatic carbocycles. The molecule has 2 aromatic rings. The maximum Gasteiger partial charge on any atom is 0.261 e. The van der Waals surface area contributed by atoms with Gasteiger partial charge in [0.2, 0.25) is 15.9 Å². The van der Waals surface area contributed by atoms with Gasteiger partial charge in [0, 0.05) is 16.6 Å². The van der Waals surface area contributed by atoms with Crippen molar-refractivity contribution in [3.05, 3.63) is 53.0 Å². The molecule has 0 saturated carbocycles. The fourth-order valence-electron chi connectivity index (χ4n) is 2.40. The minimum absolute atomic E-state index is 0.0414. The highest BCUT2D eigenvalue weighted by Crippen LogP contribution is 2.27. The largest absolute Gasteiger partial charge is 0.280 e. The number of rotatable bonds is 4. The summed E-state index contributed by atoms with van der Waals surface area (Å²) in [6.07, 6.45) is -0.0766. The van der Waals surface area contributed by atoms with Crippen LogP contribution in [0.4, 0.5) is 11.4 Å². The molecule has 1 heterocycles. The van der Waals surface area contributed by atoms with Crippen molar-refractivity contribution in [1.29, 1.82) is 0 Å². The molecule has 2 aromatic carbocycles. The van der Waals surface area contributed by atoms with Crippen molar-refractivity contribution in [2.45, 2.75) is 11.3 Å². The Bertz CT molecular complexity index is 1030. The summed E-state index contributed by atoms with van der Waals surface area (Å²) in [5, 5.41) is 0. The van der Waals surface area contributed by atoms with Gasteiger partial charge in [-0.3, -0.25) is 9.52 Å². The van der Waals surface area contributed by atoms with Gasteiger partial charge in [-0.2, -0.15) is 0 Å². The molecule has 1 aliphatic rings. The van der Waals surface area contributed by atoms with Gasteiger partial charge in [-0.1, -0.05) is 22.0 Å². The molecular formula is C15H13BrN2O5S2. The van der Waals surface area contributed by atoms with Gasteiger partial charge < -0.3 is 0 Å². The third-order valence-corrected chi connectivity index (χ3v) is 7.12. The third-order valence-electron chi connectivity index (χ3n) is 3.54. The van der Waals surface area contributed by atoms with Crippen molar-refractivity contribution in [1.82, 2.24) is 0 Å². The first-order valence-electron chi connectivity index (χ1n) is 7.13. The number of anilines is 2. The van der Waals surface area contributed by atoms with Crippen LogP contribution in [0.25, 0.3) is 0 Å². The van der Waals surface area contributed by atoms with Crippen molar-refractivity contribution in [2.75, 3.05) is 14.8 Å². The minimum Gasteiger partial charge on any atom is -0.280 e. The quantitative estimate of drug-likeness (QED) is 0.779. The molecule has 25 heavy (non-hydrogen) atoms. The molecule has 3 rings (SSSR count). The number of amides is 1. The van der Waals surface area contributed by atoms with Crippen LogP contribution in [0.3, 0.4) is 0 Å². The first-order valence-corrected chi connectivity index (χ1v) is 11.0. The minimum atomic E-state index is -3.84. The van der Waals surface area contributed by atoms with E-state index in [1.54, 1.807) is 24.3 Å². The summed E-state index contributed by atoms with van der Waals surface area (Å²) in [5.74, 6) is -0.765. The zero-order valence-corrected chi connectivity index (χ0v) is 15.9. The van der Waals surface area contributed by atoms with E-state index in [1.165, 1.54) is 24.3 Å². The maximum atomic E-state index is 12.4. The van der Waals surface area contributed by atoms with Crippen LogP contribution in [-0.4, -0.2) is 28.5 Å². The molecule has 10 heteroatoms. The summed E-state index contributed by atoms with van der Waals surface area (Å²) in [7, 11) is -7.51. The Hall–Kier alpha value is -1.91. The highest BCUT2D eigenvalue weighted by atomic mass is 79.9. The predicted octanol–water partition coefficient (Wildman–Crippen LogP) is 2.32. The molecule has 1 amide bonds. The molecule has 7 nitrogen and oxygen atoms in total. The van der Waals surface area contributed by atoms with Crippen LogP contribution in [0.5, 0.6) is 0 Å². The number of benzene rings is 2. The van der Waals surface area contributed by atoms with Gasteiger partial charge in [-0.05, 0) is 42.5 Å². The van der Waals surface area contributed by atoms with Gasteiger partial charge in [0.1, 0.15) is 0 Å². The van der Waals surface area contributed by atoms with Crippen molar-refractivity contribution in [3.8, 4) is 0 Å². The van der Waals surface area contributed by atoms with Crippen LogP contribution in [0.1, 0.15) is 6.42 Å². The molecule has 0 bridgehead atoms. The lowest BCUT2D eigenvalue weighted by Gasteiger charge is -2.15. The average Bonchev–Trinajstić information content (AvgIpc) is 2.80. The van der Waals surface area contributed by atoms with E-state index >= 15 is 0 Å². The lowest BCUT2D eigenvalue weighted by atomic mass is 10.3. The van der Waals surface area contributed by atoms with E-state index < -0.39 is 26.0 Å². The zero-order chi connectivity index (χ0) is 18.2. The van der Waals surface area contributed by atoms with E-state index in [9.17, 15) is 21.6 Å². The van der Waals surface area contributed by atoms with E-state index in [0.29, 0.717) is 9.99 Å². The Morgan fingerprint density at radius 3 is 2.32 bits per heavy atom. The predicted molar refractivity (Wildman–Crippen MR) is 97.3 cm³/mol. The topological polar surface area (TPSA) is 101 Å². The summed E-state index contributed by atoms with van der Waals surface area (Å²) in [6.45, 7) is 0. The van der Waals surface area contributed by atoms with Gasteiger partial charge in [0.25, 0.3) is 10.0 Å². The smallest absolute Gasteiger partial charge is 0.261 e. The molecule has 0 atom stereocenters. The highest BCUT2D eigenvalue weighted by molar-refractivity contribution is 9.10. The lowest BCUT2D eigenvalue weighted by molar-refractivity contribution is -0.116. The van der Waals surface area contributed by atoms with Gasteiger partial charge in [-0.25, -0.2) is 21.1 Å². The fraction of sp³-hybridized carbons (Fsp3) is 0.133. The van der Waals surface area contributed by atoms with Gasteiger partial charge >= 0.3 is 0 Å². The summed E-state index contributed by atoms with van der Waals surface area (Å²) in [6, 6.07) is 11.8. The van der Waals surface area contributed by atoms with Crippen LogP contribution < -0.4 is 9.03 Å². The Labute approximate surface area is 153 Å². The first-order chi connectivity index (χ1) is 11.7. The molecule has 0 aromatic heterocycles. The van der Waals surface area contributed by atoms with Crippen molar-refractivity contribution in [3.63, 3.8) is 0 Å². The Balaban J connectivity index is 1.88. The Morgan fingerprint density at radius 1 is 1.08 bits per heavy atom. The van der Waals surface area contributed by atoms with Gasteiger partial charge in [-0.15, -0.1) is 0 Å². The second kappa shape index (κ2) is 6.43. The normalized spacial score (nSPS) is 16.8. The number of hydrogen-bond acceptors (Lipinski definition) is 5. The van der Waals surface area contributed by atoms with Crippen LogP contribution in [0.2, 0.25) is 0 Å². The van der Waals surface area contributed by atoms with Gasteiger partial charge in [0.05, 0.1) is 16.3 Å². The third kappa shape index (κ3) is 3.70. The fourth-order valence-corrected chi connectivity index (χ4v) is 5.30. The summed E-state index contributed by atoms with van der Waals surface area (Å²) in [4.78, 5) is 11.7. The standard InChI is InChI=1S/C15H13BrN2O5S2/c16-11-2-1-3-12(10-11)17-25(22,23)14-6-4-13(5-7-14)18-15(19)8-9-24(18,20)21/h1-7,10,17H,8-9H2. The maximum absolute atomic E-state index is 12.4. The van der Waals surface area contributed by atoms with Crippen LogP contribution >= 0.6 is 15.9 Å². The molecule has 1 saturated heterocycles. The summed E-state index contributed by atoms with van der Waals surface area (Å²) >= 11 is 3.26. The Kier molecular flexibility index (Phi) is 4.60. The number of sulfonamides is 2. The molecule has 132 valence electrons. The van der Waals surface area contributed by atoms with Crippen LogP contribution in [-0.2, 0) is 24.8 Å². The number of halogens is 1. The number of carbonyl (C=O) groups excluding carboxylic acids is 1. The number of nitrogens with zero attached hydrogens (tertiary/aromatic N) is 1. The molecule has 1 N–H and O–H groups in total. The van der Waals surface area contributed by atoms with E-state index in [1.807, 2.05) is 0 Å². The summed E-state index contributed by atoms with van der Waals surface area (Å²) in [5.41, 5.74) is 0.514. The SMILES string of the molecule is O=C1CCS(=O)(=O)N1c1ccc(S(=O)(=O)Nc2cccc(Br)c2)cc1. The van der Waals surface area contributed by atoms with E-state index in [2.05, 4.69) is 20.7 Å². The Morgan fingerprint density at radius 2 is 1.76 bits per heavy atom. The molecule has 1 aliphatic heterocycles. The average molecular weight is 445 g/mol. The van der Waals surface area contributed by atoms with Crippen LogP contribution in [0, 0.1) is 0 Å². The van der Waals surface area contributed by atoms with Crippen molar-refractivity contribution in [2.24, 2.45) is 0 Å². The second-order valence-corrected chi connectivity index (χ2v) is 9.87. The number of nitrogens with one attached hydrogen (secondary N) is 1. The van der Waals surface area contributed by atoms with Crippen molar-refractivity contribution >= 4 is 53.3 Å². The van der Waals surface area contributed by atoms with Crippen LogP contribution in [0.15, 0.2) is 57.9 Å². The van der Waals surface area contributed by atoms with E-state index in [4.69, 9.17) is 0 Å². The highest BCUT2D eigenvalue weighted by Gasteiger charge is 2.36. The first kappa shape index (κ1) is 17.9. The molecule has 0 radical (unpaired) electrons. The number of carbonyl (C=O) groups is 1. The van der Waals surface area contributed by atoms with E-state index in [-0.39, 0.29) is 22.8 Å². The van der Waals surface area contributed by atoms with Crippen molar-refractivity contribution < 1.29 is 21.6 Å². The molecule has 1 fully saturated rings. The summed E-state index contributed by atoms with van der Waals surface area (Å²) < 4.78 is 52.5. The zero-order valence-electron chi connectivity index (χ0n) is 12.7. The van der Waals surface area contributed by atoms with Gasteiger partial charge in [0.15, 0.2) is 0 Å². The molecule has 0 unspecified atom stereocenters. The second-order valence-electron chi connectivity index (χ2n) is 5.33. The lowest BCUT2D eigenvalue weighted by Crippen LogP contribution is -2.29. The number of hydrogen-bond donors (Lipinski definition) is 1. The molecule has 0 spiro atoms.